The van der Waals surface area contributed by atoms with E-state index in [4.69, 9.17) is 0 Å². The van der Waals surface area contributed by atoms with Crippen molar-refractivity contribution in [2.45, 2.75) is 32.2 Å². The highest BCUT2D eigenvalue weighted by molar-refractivity contribution is 14.1. The third-order valence-corrected chi connectivity index (χ3v) is 4.08. The van der Waals surface area contributed by atoms with Gasteiger partial charge < -0.3 is 10.2 Å². The van der Waals surface area contributed by atoms with Crippen molar-refractivity contribution in [2.24, 2.45) is 0 Å². The highest BCUT2D eigenvalue weighted by Crippen LogP contribution is 2.17. The Bertz CT molecular complexity index is 473. The molecular formula is C14H17IN2O2. The van der Waals surface area contributed by atoms with Gasteiger partial charge in [0.25, 0.3) is 0 Å². The number of nitrogens with zero attached hydrogens (tertiary/aromatic N) is 1. The van der Waals surface area contributed by atoms with Gasteiger partial charge in [0.1, 0.15) is 0 Å². The van der Waals surface area contributed by atoms with Crippen molar-refractivity contribution in [1.82, 2.24) is 4.90 Å². The number of halogens is 1. The van der Waals surface area contributed by atoms with Crippen molar-refractivity contribution < 1.29 is 9.59 Å². The summed E-state index contributed by atoms with van der Waals surface area (Å²) in [6, 6.07) is 7.54. The molecule has 0 spiro atoms. The molecule has 19 heavy (non-hydrogen) atoms. The van der Waals surface area contributed by atoms with Gasteiger partial charge in [0, 0.05) is 21.8 Å². The van der Waals surface area contributed by atoms with Gasteiger partial charge in [-0.3, -0.25) is 9.59 Å². The average molecular weight is 372 g/mol. The number of amides is 2. The predicted octanol–water partition coefficient (Wildman–Crippen LogP) is 2.63. The molecule has 1 unspecified atom stereocenters. The third kappa shape index (κ3) is 3.68. The number of hydrogen-bond acceptors (Lipinski definition) is 2. The lowest BCUT2D eigenvalue weighted by atomic mass is 10.0. The zero-order valence-corrected chi connectivity index (χ0v) is 13.0. The van der Waals surface area contributed by atoms with Crippen molar-refractivity contribution in [2.75, 3.05) is 11.9 Å². The number of anilines is 1. The van der Waals surface area contributed by atoms with Crippen molar-refractivity contribution in [1.29, 1.82) is 0 Å². The number of carbonyl (C=O) groups is 2. The molecule has 1 aromatic rings. The van der Waals surface area contributed by atoms with Crippen molar-refractivity contribution in [3.8, 4) is 0 Å². The van der Waals surface area contributed by atoms with Gasteiger partial charge in [-0.2, -0.15) is 0 Å². The van der Waals surface area contributed by atoms with E-state index in [2.05, 4.69) is 27.9 Å². The molecule has 1 aliphatic rings. The Morgan fingerprint density at radius 2 is 1.95 bits per heavy atom. The largest absolute Gasteiger partial charge is 0.332 e. The molecule has 0 radical (unpaired) electrons. The number of carbonyl (C=O) groups excluding carboxylic acids is 2. The molecule has 1 aromatic carbocycles. The van der Waals surface area contributed by atoms with E-state index in [1.807, 2.05) is 19.1 Å². The summed E-state index contributed by atoms with van der Waals surface area (Å²) in [5.74, 6) is -0.972. The molecule has 1 atom stereocenters. The van der Waals surface area contributed by atoms with E-state index in [-0.39, 0.29) is 6.04 Å². The highest BCUT2D eigenvalue weighted by atomic mass is 127. The molecule has 0 aliphatic carbocycles. The van der Waals surface area contributed by atoms with Crippen LogP contribution in [-0.4, -0.2) is 29.3 Å². The number of piperidine rings is 1. The van der Waals surface area contributed by atoms with Gasteiger partial charge in [0.05, 0.1) is 0 Å². The third-order valence-electron chi connectivity index (χ3n) is 3.36. The number of nitrogens with one attached hydrogen (secondary N) is 1. The molecule has 102 valence electrons. The first-order valence-electron chi connectivity index (χ1n) is 6.45. The molecular weight excluding hydrogens is 355 g/mol. The van der Waals surface area contributed by atoms with Crippen LogP contribution in [0.15, 0.2) is 24.3 Å². The molecule has 2 amide bonds. The minimum Gasteiger partial charge on any atom is -0.332 e. The Morgan fingerprint density at radius 3 is 2.58 bits per heavy atom. The Hall–Kier alpha value is -1.11. The summed E-state index contributed by atoms with van der Waals surface area (Å²) in [6.07, 6.45) is 3.08. The van der Waals surface area contributed by atoms with E-state index >= 15 is 0 Å². The fourth-order valence-electron chi connectivity index (χ4n) is 2.25. The predicted molar refractivity (Wildman–Crippen MR) is 82.8 cm³/mol. The van der Waals surface area contributed by atoms with Crippen LogP contribution in [0.25, 0.3) is 0 Å². The second kappa shape index (κ2) is 6.36. The number of rotatable bonds is 1. The van der Waals surface area contributed by atoms with Crippen molar-refractivity contribution in [3.63, 3.8) is 0 Å². The minimum absolute atomic E-state index is 0.156. The molecule has 1 saturated heterocycles. The van der Waals surface area contributed by atoms with E-state index in [0.29, 0.717) is 12.2 Å². The average Bonchev–Trinajstić information content (AvgIpc) is 2.41. The van der Waals surface area contributed by atoms with Crippen LogP contribution in [0.1, 0.15) is 26.2 Å². The second-order valence-electron chi connectivity index (χ2n) is 4.80. The van der Waals surface area contributed by atoms with Crippen LogP contribution in [0.5, 0.6) is 0 Å². The van der Waals surface area contributed by atoms with Gasteiger partial charge in [-0.25, -0.2) is 0 Å². The smallest absolute Gasteiger partial charge is 0.313 e. The molecule has 1 heterocycles. The summed E-state index contributed by atoms with van der Waals surface area (Å²) in [6.45, 7) is 2.68. The topological polar surface area (TPSA) is 49.4 Å². The SMILES string of the molecule is CC1CCCCN1C(=O)C(=O)Nc1ccc(I)cc1. The summed E-state index contributed by atoms with van der Waals surface area (Å²) in [5.41, 5.74) is 0.656. The summed E-state index contributed by atoms with van der Waals surface area (Å²) >= 11 is 2.19. The van der Waals surface area contributed by atoms with Crippen molar-refractivity contribution in [3.05, 3.63) is 27.8 Å². The maximum absolute atomic E-state index is 12.1. The molecule has 2 rings (SSSR count). The Morgan fingerprint density at radius 1 is 1.26 bits per heavy atom. The van der Waals surface area contributed by atoms with Gasteiger partial charge in [-0.15, -0.1) is 0 Å². The molecule has 0 saturated carbocycles. The van der Waals surface area contributed by atoms with E-state index < -0.39 is 11.8 Å². The molecule has 5 heteroatoms. The molecule has 1 fully saturated rings. The first-order chi connectivity index (χ1) is 9.08. The zero-order valence-electron chi connectivity index (χ0n) is 10.9. The number of likely N-dealkylation sites (tertiary alicyclic amines) is 1. The molecule has 4 nitrogen and oxygen atoms in total. The molecule has 1 aliphatic heterocycles. The molecule has 0 aromatic heterocycles. The van der Waals surface area contributed by atoms with Gasteiger partial charge in [0.15, 0.2) is 0 Å². The number of hydrogen-bond donors (Lipinski definition) is 1. The zero-order chi connectivity index (χ0) is 13.8. The second-order valence-corrected chi connectivity index (χ2v) is 6.05. The van der Waals surface area contributed by atoms with Gasteiger partial charge >= 0.3 is 11.8 Å². The molecule has 0 bridgehead atoms. The Labute approximate surface area is 126 Å². The van der Waals surface area contributed by atoms with E-state index in [9.17, 15) is 9.59 Å². The monoisotopic (exact) mass is 372 g/mol. The van der Waals surface area contributed by atoms with Crippen LogP contribution >= 0.6 is 22.6 Å². The van der Waals surface area contributed by atoms with Crippen molar-refractivity contribution >= 4 is 40.1 Å². The fraction of sp³-hybridized carbons (Fsp3) is 0.429. The normalized spacial score (nSPS) is 19.1. The molecule has 1 N–H and O–H groups in total. The van der Waals surface area contributed by atoms with Crippen LogP contribution in [0, 0.1) is 3.57 Å². The summed E-state index contributed by atoms with van der Waals surface area (Å²) < 4.78 is 1.09. The first-order valence-corrected chi connectivity index (χ1v) is 7.53. The Kier molecular flexibility index (Phi) is 4.79. The summed E-state index contributed by atoms with van der Waals surface area (Å²) in [4.78, 5) is 25.7. The standard InChI is InChI=1S/C14H17IN2O2/c1-10-4-2-3-9-17(10)14(19)13(18)16-12-7-5-11(15)6-8-12/h5-8,10H,2-4,9H2,1H3,(H,16,18). The van der Waals surface area contributed by atoms with Gasteiger partial charge in [-0.1, -0.05) is 0 Å². The van der Waals surface area contributed by atoms with Crippen LogP contribution in [0.3, 0.4) is 0 Å². The maximum Gasteiger partial charge on any atom is 0.313 e. The van der Waals surface area contributed by atoms with Crippen LogP contribution in [0.4, 0.5) is 5.69 Å². The quantitative estimate of drug-likeness (QED) is 0.609. The Balaban J connectivity index is 1.99. The lowest BCUT2D eigenvalue weighted by Gasteiger charge is -2.32. The maximum atomic E-state index is 12.1. The van der Waals surface area contributed by atoms with E-state index in [1.54, 1.807) is 17.0 Å². The lowest BCUT2D eigenvalue weighted by Crippen LogP contribution is -2.47. The fourth-order valence-corrected chi connectivity index (χ4v) is 2.61. The van der Waals surface area contributed by atoms with E-state index in [1.165, 1.54) is 0 Å². The number of benzene rings is 1. The summed E-state index contributed by atoms with van der Waals surface area (Å²) in [5, 5.41) is 2.65. The van der Waals surface area contributed by atoms with Crippen LogP contribution in [0.2, 0.25) is 0 Å². The van der Waals surface area contributed by atoms with E-state index in [0.717, 1.165) is 22.8 Å². The lowest BCUT2D eigenvalue weighted by molar-refractivity contribution is -0.145. The minimum atomic E-state index is -0.546. The first kappa shape index (κ1) is 14.3. The van der Waals surface area contributed by atoms with Crippen LogP contribution in [-0.2, 0) is 9.59 Å². The summed E-state index contributed by atoms with van der Waals surface area (Å²) in [7, 11) is 0. The van der Waals surface area contributed by atoms with Gasteiger partial charge in [0.2, 0.25) is 0 Å². The van der Waals surface area contributed by atoms with Gasteiger partial charge in [-0.05, 0) is 73.0 Å². The van der Waals surface area contributed by atoms with Crippen LogP contribution < -0.4 is 5.32 Å². The highest BCUT2D eigenvalue weighted by Gasteiger charge is 2.27.